The molecule has 8 heteroatoms. The Labute approximate surface area is 89.6 Å². The molecule has 16 heavy (non-hydrogen) atoms. The van der Waals surface area contributed by atoms with Gasteiger partial charge in [-0.3, -0.25) is 9.36 Å². The highest BCUT2D eigenvalue weighted by Crippen LogP contribution is 2.30. The summed E-state index contributed by atoms with van der Waals surface area (Å²) < 4.78 is 6.44. The maximum absolute atomic E-state index is 11.0. The molecular formula is C8H9N3O5. The molecule has 1 aliphatic heterocycles. The lowest BCUT2D eigenvalue weighted by Crippen LogP contribution is -2.41. The van der Waals surface area contributed by atoms with E-state index in [9.17, 15) is 14.9 Å². The fourth-order valence-electron chi connectivity index (χ4n) is 1.48. The second-order valence-electron chi connectivity index (χ2n) is 3.92. The number of nitro groups is 1. The Bertz CT molecular complexity index is 468. The van der Waals surface area contributed by atoms with Crippen LogP contribution in [0.4, 0.5) is 5.82 Å². The lowest BCUT2D eigenvalue weighted by atomic mass is 9.91. The summed E-state index contributed by atoms with van der Waals surface area (Å²) in [7, 11) is 0. The van der Waals surface area contributed by atoms with E-state index in [0.717, 1.165) is 0 Å². The highest BCUT2D eigenvalue weighted by atomic mass is 16.6. The molecule has 0 radical (unpaired) electrons. The summed E-state index contributed by atoms with van der Waals surface area (Å²) in [5, 5.41) is 19.5. The second-order valence-corrected chi connectivity index (χ2v) is 3.92. The molecule has 0 saturated carbocycles. The summed E-state index contributed by atoms with van der Waals surface area (Å²) >= 11 is 0. The molecule has 1 unspecified atom stereocenters. The van der Waals surface area contributed by atoms with E-state index in [0.29, 0.717) is 0 Å². The van der Waals surface area contributed by atoms with Crippen molar-refractivity contribution in [1.29, 1.82) is 0 Å². The van der Waals surface area contributed by atoms with Gasteiger partial charge >= 0.3 is 17.8 Å². The van der Waals surface area contributed by atoms with Gasteiger partial charge in [-0.15, -0.1) is 0 Å². The van der Waals surface area contributed by atoms with Crippen LogP contribution in [-0.4, -0.2) is 32.2 Å². The minimum atomic E-state index is -1.08. The molecule has 86 valence electrons. The van der Waals surface area contributed by atoms with Gasteiger partial charge in [-0.25, -0.2) is 0 Å². The number of nitrogens with zero attached hydrogens (tertiary/aromatic N) is 3. The minimum Gasteiger partial charge on any atom is -0.481 e. The van der Waals surface area contributed by atoms with Crippen molar-refractivity contribution in [1.82, 2.24) is 9.55 Å². The molecule has 0 saturated heterocycles. The molecule has 0 aliphatic carbocycles. The molecular weight excluding hydrogens is 218 g/mol. The average Bonchev–Trinajstić information content (AvgIpc) is 2.60. The predicted molar refractivity (Wildman–Crippen MR) is 50.1 cm³/mol. The third-order valence-electron chi connectivity index (χ3n) is 2.47. The van der Waals surface area contributed by atoms with Gasteiger partial charge < -0.3 is 20.0 Å². The molecule has 8 nitrogen and oxygen atoms in total. The van der Waals surface area contributed by atoms with E-state index in [1.54, 1.807) is 0 Å². The van der Waals surface area contributed by atoms with E-state index in [-0.39, 0.29) is 25.0 Å². The van der Waals surface area contributed by atoms with Gasteiger partial charge in [0, 0.05) is 11.5 Å². The molecule has 1 aromatic heterocycles. The van der Waals surface area contributed by atoms with E-state index in [4.69, 9.17) is 9.84 Å². The van der Waals surface area contributed by atoms with Crippen molar-refractivity contribution < 1.29 is 19.6 Å². The third kappa shape index (κ3) is 1.47. The first-order chi connectivity index (χ1) is 7.42. The summed E-state index contributed by atoms with van der Waals surface area (Å²) in [5.74, 6) is -1.35. The lowest BCUT2D eigenvalue weighted by Gasteiger charge is -2.28. The van der Waals surface area contributed by atoms with Crippen molar-refractivity contribution in [3.05, 3.63) is 16.3 Å². The molecule has 0 bridgehead atoms. The number of carboxylic acids is 1. The summed E-state index contributed by atoms with van der Waals surface area (Å²) in [6.45, 7) is 1.58. The van der Waals surface area contributed by atoms with Crippen LogP contribution in [-0.2, 0) is 11.3 Å². The van der Waals surface area contributed by atoms with Gasteiger partial charge in [-0.1, -0.05) is 0 Å². The quantitative estimate of drug-likeness (QED) is 0.574. The van der Waals surface area contributed by atoms with Crippen LogP contribution in [0.1, 0.15) is 6.92 Å². The van der Waals surface area contributed by atoms with Crippen LogP contribution in [0.5, 0.6) is 6.01 Å². The van der Waals surface area contributed by atoms with Gasteiger partial charge in [0.25, 0.3) is 0 Å². The normalized spacial score (nSPS) is 23.3. The monoisotopic (exact) mass is 227 g/mol. The van der Waals surface area contributed by atoms with E-state index in [1.165, 1.54) is 17.7 Å². The highest BCUT2D eigenvalue weighted by Gasteiger charge is 2.41. The molecule has 2 rings (SSSR count). The Balaban J connectivity index is 2.34. The summed E-state index contributed by atoms with van der Waals surface area (Å²) in [5.41, 5.74) is -1.08. The topological polar surface area (TPSA) is 107 Å². The van der Waals surface area contributed by atoms with Crippen molar-refractivity contribution in [2.75, 3.05) is 6.61 Å². The summed E-state index contributed by atoms with van der Waals surface area (Å²) in [6.07, 6.45) is 1.18. The Morgan fingerprint density at radius 1 is 1.81 bits per heavy atom. The number of fused-ring (bicyclic) bond motifs is 1. The lowest BCUT2D eigenvalue weighted by molar-refractivity contribution is -0.389. The second kappa shape index (κ2) is 3.19. The number of ether oxygens (including phenoxy) is 1. The van der Waals surface area contributed by atoms with Crippen LogP contribution < -0.4 is 4.74 Å². The zero-order chi connectivity index (χ0) is 11.9. The molecule has 1 N–H and O–H groups in total. The van der Waals surface area contributed by atoms with E-state index >= 15 is 0 Å². The first kappa shape index (κ1) is 10.4. The number of carboxylic acid groups (broad SMARTS) is 1. The maximum atomic E-state index is 11.0. The first-order valence-electron chi connectivity index (χ1n) is 4.50. The molecule has 0 amide bonds. The predicted octanol–water partition coefficient (Wildman–Crippen LogP) is 0.275. The fourth-order valence-corrected chi connectivity index (χ4v) is 1.48. The zero-order valence-corrected chi connectivity index (χ0v) is 8.41. The van der Waals surface area contributed by atoms with Crippen molar-refractivity contribution in [3.8, 4) is 6.01 Å². The molecule has 0 spiro atoms. The van der Waals surface area contributed by atoms with E-state index in [2.05, 4.69) is 4.98 Å². The van der Waals surface area contributed by atoms with Crippen molar-refractivity contribution >= 4 is 11.8 Å². The number of carbonyl (C=O) groups is 1. The molecule has 1 atom stereocenters. The molecule has 2 heterocycles. The number of hydrogen-bond acceptors (Lipinski definition) is 5. The van der Waals surface area contributed by atoms with Crippen molar-refractivity contribution in [2.45, 2.75) is 13.5 Å². The Morgan fingerprint density at radius 3 is 3.06 bits per heavy atom. The third-order valence-corrected chi connectivity index (χ3v) is 2.47. The fraction of sp³-hybridized carbons (Fsp3) is 0.500. The number of imidazole rings is 1. The van der Waals surface area contributed by atoms with Crippen LogP contribution in [0, 0.1) is 15.5 Å². The van der Waals surface area contributed by atoms with Crippen molar-refractivity contribution in [2.24, 2.45) is 5.41 Å². The molecule has 0 aromatic carbocycles. The van der Waals surface area contributed by atoms with Crippen LogP contribution in [0.25, 0.3) is 0 Å². The van der Waals surface area contributed by atoms with E-state index in [1.807, 2.05) is 0 Å². The van der Waals surface area contributed by atoms with Crippen LogP contribution in [0.15, 0.2) is 6.20 Å². The minimum absolute atomic E-state index is 0.0451. The van der Waals surface area contributed by atoms with Crippen LogP contribution in [0.3, 0.4) is 0 Å². The van der Waals surface area contributed by atoms with Gasteiger partial charge in [-0.05, 0) is 11.8 Å². The van der Waals surface area contributed by atoms with Gasteiger partial charge in [-0.2, -0.15) is 0 Å². The number of hydrogen-bond donors (Lipinski definition) is 1. The summed E-state index contributed by atoms with van der Waals surface area (Å²) in [4.78, 5) is 24.4. The van der Waals surface area contributed by atoms with Crippen LogP contribution >= 0.6 is 0 Å². The van der Waals surface area contributed by atoms with Crippen molar-refractivity contribution in [3.63, 3.8) is 0 Å². The number of aliphatic carboxylic acids is 1. The van der Waals surface area contributed by atoms with Crippen LogP contribution in [0.2, 0.25) is 0 Å². The number of rotatable bonds is 2. The Morgan fingerprint density at radius 2 is 2.50 bits per heavy atom. The van der Waals surface area contributed by atoms with Gasteiger partial charge in [0.2, 0.25) is 0 Å². The standard InChI is InChI=1S/C8H9N3O5/c1-8(6(12)13)3-10-2-5(11(14)15)9-7(10)16-4-8/h2H,3-4H2,1H3,(H,12,13). The summed E-state index contributed by atoms with van der Waals surface area (Å²) in [6, 6.07) is 0.0884. The largest absolute Gasteiger partial charge is 0.481 e. The smallest absolute Gasteiger partial charge is 0.414 e. The Kier molecular flexibility index (Phi) is 2.07. The van der Waals surface area contributed by atoms with E-state index < -0.39 is 16.3 Å². The molecule has 1 aromatic rings. The zero-order valence-electron chi connectivity index (χ0n) is 8.41. The first-order valence-corrected chi connectivity index (χ1v) is 4.50. The number of aromatic nitrogens is 2. The van der Waals surface area contributed by atoms with Gasteiger partial charge in [0.15, 0.2) is 0 Å². The molecule has 0 fully saturated rings. The van der Waals surface area contributed by atoms with Gasteiger partial charge in [0.1, 0.15) is 18.2 Å². The maximum Gasteiger partial charge on any atom is 0.414 e. The average molecular weight is 227 g/mol. The SMILES string of the molecule is CC1(C(=O)O)COc2nc([N+](=O)[O-])cn2C1. The highest BCUT2D eigenvalue weighted by molar-refractivity contribution is 5.74. The molecule has 1 aliphatic rings. The van der Waals surface area contributed by atoms with Gasteiger partial charge in [0.05, 0.1) is 0 Å². The Hall–Kier alpha value is -2.12.